The molecule has 6 heteroatoms. The first kappa shape index (κ1) is 16.6. The molecule has 0 radical (unpaired) electrons. The van der Waals surface area contributed by atoms with Gasteiger partial charge in [-0.25, -0.2) is 0 Å². The fraction of sp³-hybridized carbons (Fsp3) is 0.111. The Bertz CT molecular complexity index is 847. The minimum atomic E-state index is -0.507. The number of nitrogens with one attached hydrogen (secondary N) is 1. The van der Waals surface area contributed by atoms with E-state index in [-0.39, 0.29) is 17.3 Å². The van der Waals surface area contributed by atoms with Gasteiger partial charge in [-0.1, -0.05) is 59.6 Å². The van der Waals surface area contributed by atoms with Crippen molar-refractivity contribution in [2.75, 3.05) is 5.32 Å². The molecule has 0 saturated heterocycles. The molecule has 0 fully saturated rings. The standard InChI is InChI=1S/C18H14Cl2N2O2/c1-11-7-8-13(19)9-14(11)21-16-15(20)17(23)22(18(16)24)10-12-5-3-2-4-6-12/h2-9,21H,10H2,1H3. The number of halogens is 2. The highest BCUT2D eigenvalue weighted by atomic mass is 35.5. The summed E-state index contributed by atoms with van der Waals surface area (Å²) >= 11 is 12.1. The third kappa shape index (κ3) is 3.16. The van der Waals surface area contributed by atoms with Crippen LogP contribution in [0.25, 0.3) is 0 Å². The molecular formula is C18H14Cl2N2O2. The van der Waals surface area contributed by atoms with Crippen LogP contribution >= 0.6 is 23.2 Å². The number of carbonyl (C=O) groups excluding carboxylic acids is 2. The zero-order valence-corrected chi connectivity index (χ0v) is 14.4. The second-order valence-electron chi connectivity index (χ2n) is 5.46. The lowest BCUT2D eigenvalue weighted by Crippen LogP contribution is -2.31. The number of rotatable bonds is 4. The Morgan fingerprint density at radius 3 is 2.42 bits per heavy atom. The molecule has 0 unspecified atom stereocenters. The molecule has 0 aliphatic carbocycles. The van der Waals surface area contributed by atoms with Gasteiger partial charge in [0, 0.05) is 10.7 Å². The van der Waals surface area contributed by atoms with Crippen LogP contribution in [0, 0.1) is 6.92 Å². The lowest BCUT2D eigenvalue weighted by atomic mass is 10.2. The van der Waals surface area contributed by atoms with Crippen molar-refractivity contribution in [1.29, 1.82) is 0 Å². The lowest BCUT2D eigenvalue weighted by molar-refractivity contribution is -0.138. The molecule has 2 aromatic carbocycles. The largest absolute Gasteiger partial charge is 0.349 e. The van der Waals surface area contributed by atoms with Gasteiger partial charge in [-0.05, 0) is 30.2 Å². The van der Waals surface area contributed by atoms with E-state index in [0.29, 0.717) is 10.7 Å². The summed E-state index contributed by atoms with van der Waals surface area (Å²) in [5, 5.41) is 3.36. The van der Waals surface area contributed by atoms with Crippen molar-refractivity contribution in [2.24, 2.45) is 0 Å². The molecule has 0 spiro atoms. The predicted molar refractivity (Wildman–Crippen MR) is 94.7 cm³/mol. The second-order valence-corrected chi connectivity index (χ2v) is 6.27. The van der Waals surface area contributed by atoms with E-state index in [9.17, 15) is 9.59 Å². The van der Waals surface area contributed by atoms with Gasteiger partial charge in [-0.2, -0.15) is 0 Å². The summed E-state index contributed by atoms with van der Waals surface area (Å²) < 4.78 is 0. The molecule has 1 heterocycles. The minimum absolute atomic E-state index is 0.0722. The van der Waals surface area contributed by atoms with Gasteiger partial charge in [0.15, 0.2) is 0 Å². The summed E-state index contributed by atoms with van der Waals surface area (Å²) in [7, 11) is 0. The fourth-order valence-corrected chi connectivity index (χ4v) is 2.83. The number of benzene rings is 2. The van der Waals surface area contributed by atoms with E-state index in [0.717, 1.165) is 16.0 Å². The Labute approximate surface area is 149 Å². The van der Waals surface area contributed by atoms with Crippen molar-refractivity contribution in [3.05, 3.63) is 75.4 Å². The summed E-state index contributed by atoms with van der Waals surface area (Å²) in [5.41, 5.74) is 2.45. The quantitative estimate of drug-likeness (QED) is 0.835. The van der Waals surface area contributed by atoms with Gasteiger partial charge < -0.3 is 5.32 Å². The van der Waals surface area contributed by atoms with E-state index in [1.807, 2.05) is 43.3 Å². The van der Waals surface area contributed by atoms with Crippen molar-refractivity contribution in [2.45, 2.75) is 13.5 Å². The summed E-state index contributed by atoms with van der Waals surface area (Å²) in [6.07, 6.45) is 0. The molecule has 4 nitrogen and oxygen atoms in total. The first-order chi connectivity index (χ1) is 11.5. The van der Waals surface area contributed by atoms with Crippen LogP contribution < -0.4 is 5.32 Å². The molecule has 0 saturated carbocycles. The van der Waals surface area contributed by atoms with E-state index >= 15 is 0 Å². The molecule has 1 aliphatic rings. The molecule has 3 rings (SSSR count). The Balaban J connectivity index is 1.85. The SMILES string of the molecule is Cc1ccc(Cl)cc1NC1=C(Cl)C(=O)N(Cc2ccccc2)C1=O. The maximum absolute atomic E-state index is 12.6. The van der Waals surface area contributed by atoms with E-state index in [2.05, 4.69) is 5.32 Å². The fourth-order valence-electron chi connectivity index (χ4n) is 2.43. The van der Waals surface area contributed by atoms with Crippen molar-refractivity contribution in [1.82, 2.24) is 4.90 Å². The average Bonchev–Trinajstić information content (AvgIpc) is 2.77. The highest BCUT2D eigenvalue weighted by Gasteiger charge is 2.37. The van der Waals surface area contributed by atoms with Crippen molar-refractivity contribution in [3.63, 3.8) is 0 Å². The highest BCUT2D eigenvalue weighted by molar-refractivity contribution is 6.48. The number of hydrogen-bond donors (Lipinski definition) is 1. The average molecular weight is 361 g/mol. The van der Waals surface area contributed by atoms with Gasteiger partial charge in [0.1, 0.15) is 10.7 Å². The van der Waals surface area contributed by atoms with Crippen LogP contribution in [0.4, 0.5) is 5.69 Å². The zero-order valence-electron chi connectivity index (χ0n) is 12.8. The third-order valence-electron chi connectivity index (χ3n) is 3.75. The van der Waals surface area contributed by atoms with E-state index in [4.69, 9.17) is 23.2 Å². The first-order valence-electron chi connectivity index (χ1n) is 7.30. The molecule has 1 N–H and O–H groups in total. The normalized spacial score (nSPS) is 14.5. The van der Waals surface area contributed by atoms with Crippen LogP contribution in [0.1, 0.15) is 11.1 Å². The molecule has 2 aromatic rings. The Kier molecular flexibility index (Phi) is 4.60. The highest BCUT2D eigenvalue weighted by Crippen LogP contribution is 2.29. The summed E-state index contributed by atoms with van der Waals surface area (Å²) in [6.45, 7) is 2.05. The lowest BCUT2D eigenvalue weighted by Gasteiger charge is -2.15. The van der Waals surface area contributed by atoms with Crippen molar-refractivity contribution in [3.8, 4) is 0 Å². The third-order valence-corrected chi connectivity index (χ3v) is 4.34. The number of carbonyl (C=O) groups is 2. The summed E-state index contributed by atoms with van der Waals surface area (Å²) in [4.78, 5) is 26.0. The topological polar surface area (TPSA) is 49.4 Å². The molecule has 2 amide bonds. The predicted octanol–water partition coefficient (Wildman–Crippen LogP) is 4.08. The van der Waals surface area contributed by atoms with Crippen LogP contribution in [0.15, 0.2) is 59.3 Å². The van der Waals surface area contributed by atoms with E-state index in [1.165, 1.54) is 0 Å². The molecule has 24 heavy (non-hydrogen) atoms. The smallest absolute Gasteiger partial charge is 0.279 e. The zero-order chi connectivity index (χ0) is 17.3. The van der Waals surface area contributed by atoms with Gasteiger partial charge in [0.25, 0.3) is 11.8 Å². The summed E-state index contributed by atoms with van der Waals surface area (Å²) in [6, 6.07) is 14.5. The van der Waals surface area contributed by atoms with Crippen molar-refractivity contribution >= 4 is 40.7 Å². The summed E-state index contributed by atoms with van der Waals surface area (Å²) in [5.74, 6) is -0.957. The van der Waals surface area contributed by atoms with Gasteiger partial charge in [-0.15, -0.1) is 0 Å². The maximum Gasteiger partial charge on any atom is 0.279 e. The number of nitrogens with zero attached hydrogens (tertiary/aromatic N) is 1. The number of hydrogen-bond acceptors (Lipinski definition) is 3. The van der Waals surface area contributed by atoms with Crippen LogP contribution in [0.2, 0.25) is 5.02 Å². The molecule has 1 aliphatic heterocycles. The van der Waals surface area contributed by atoms with E-state index in [1.54, 1.807) is 12.1 Å². The Morgan fingerprint density at radius 2 is 1.71 bits per heavy atom. The number of aryl methyl sites for hydroxylation is 1. The van der Waals surface area contributed by atoms with Crippen LogP contribution in [0.3, 0.4) is 0 Å². The number of anilines is 1. The van der Waals surface area contributed by atoms with Crippen LogP contribution in [-0.4, -0.2) is 16.7 Å². The Hall–Kier alpha value is -2.30. The van der Waals surface area contributed by atoms with Gasteiger partial charge >= 0.3 is 0 Å². The first-order valence-corrected chi connectivity index (χ1v) is 8.06. The molecule has 0 aromatic heterocycles. The maximum atomic E-state index is 12.6. The minimum Gasteiger partial charge on any atom is -0.349 e. The molecule has 0 atom stereocenters. The van der Waals surface area contributed by atoms with Gasteiger partial charge in [0.2, 0.25) is 0 Å². The Morgan fingerprint density at radius 1 is 1.00 bits per heavy atom. The van der Waals surface area contributed by atoms with Crippen LogP contribution in [0.5, 0.6) is 0 Å². The molecule has 122 valence electrons. The van der Waals surface area contributed by atoms with Crippen LogP contribution in [-0.2, 0) is 16.1 Å². The van der Waals surface area contributed by atoms with Gasteiger partial charge in [-0.3, -0.25) is 14.5 Å². The molecular weight excluding hydrogens is 347 g/mol. The second kappa shape index (κ2) is 6.67. The number of amides is 2. The number of imide groups is 1. The molecule has 0 bridgehead atoms. The monoisotopic (exact) mass is 360 g/mol. The van der Waals surface area contributed by atoms with Gasteiger partial charge in [0.05, 0.1) is 6.54 Å². The van der Waals surface area contributed by atoms with Crippen molar-refractivity contribution < 1.29 is 9.59 Å². The van der Waals surface area contributed by atoms with E-state index < -0.39 is 11.8 Å².